The standard InChI is InChI=1S/C13H16N4/c1-3-11(12-4-2-6-14-8-12)7-13(5-1)17-10-15-9-16-17/h1,3,5,7,9-10,12,14H,2,4,6,8H2. The van der Waals surface area contributed by atoms with E-state index in [1.54, 1.807) is 17.3 Å². The molecule has 3 rings (SSSR count). The molecule has 0 bridgehead atoms. The zero-order valence-corrected chi connectivity index (χ0v) is 9.71. The quantitative estimate of drug-likeness (QED) is 0.851. The Balaban J connectivity index is 1.88. The Labute approximate surface area is 101 Å². The molecule has 1 aliphatic rings. The molecular weight excluding hydrogens is 212 g/mol. The van der Waals surface area contributed by atoms with E-state index < -0.39 is 0 Å². The van der Waals surface area contributed by atoms with Crippen molar-refractivity contribution in [3.8, 4) is 5.69 Å². The molecule has 1 aromatic carbocycles. The largest absolute Gasteiger partial charge is 0.316 e. The Hall–Kier alpha value is -1.68. The summed E-state index contributed by atoms with van der Waals surface area (Å²) in [6.45, 7) is 2.24. The van der Waals surface area contributed by atoms with E-state index in [1.807, 2.05) is 0 Å². The predicted molar refractivity (Wildman–Crippen MR) is 66.2 cm³/mol. The molecule has 0 saturated carbocycles. The average molecular weight is 228 g/mol. The summed E-state index contributed by atoms with van der Waals surface area (Å²) < 4.78 is 1.81. The van der Waals surface area contributed by atoms with Gasteiger partial charge in [-0.25, -0.2) is 9.67 Å². The van der Waals surface area contributed by atoms with Crippen LogP contribution in [0.1, 0.15) is 24.3 Å². The van der Waals surface area contributed by atoms with Crippen molar-refractivity contribution in [3.63, 3.8) is 0 Å². The van der Waals surface area contributed by atoms with Gasteiger partial charge in [-0.15, -0.1) is 0 Å². The van der Waals surface area contributed by atoms with Crippen LogP contribution in [0.25, 0.3) is 5.69 Å². The van der Waals surface area contributed by atoms with Crippen LogP contribution < -0.4 is 5.32 Å². The van der Waals surface area contributed by atoms with Gasteiger partial charge in [0.05, 0.1) is 5.69 Å². The van der Waals surface area contributed by atoms with Gasteiger partial charge in [-0.3, -0.25) is 0 Å². The Morgan fingerprint density at radius 1 is 1.35 bits per heavy atom. The maximum absolute atomic E-state index is 4.16. The number of hydrogen-bond donors (Lipinski definition) is 1. The lowest BCUT2D eigenvalue weighted by atomic mass is 9.91. The number of piperidine rings is 1. The highest BCUT2D eigenvalue weighted by Gasteiger charge is 2.15. The van der Waals surface area contributed by atoms with Gasteiger partial charge in [0.2, 0.25) is 0 Å². The second kappa shape index (κ2) is 4.67. The van der Waals surface area contributed by atoms with Gasteiger partial charge in [0.15, 0.2) is 0 Å². The van der Waals surface area contributed by atoms with E-state index in [-0.39, 0.29) is 0 Å². The summed E-state index contributed by atoms with van der Waals surface area (Å²) in [6.07, 6.45) is 5.83. The number of nitrogens with one attached hydrogen (secondary N) is 1. The third-order valence-corrected chi connectivity index (χ3v) is 3.32. The summed E-state index contributed by atoms with van der Waals surface area (Å²) in [5.41, 5.74) is 2.48. The second-order valence-corrected chi connectivity index (χ2v) is 4.48. The van der Waals surface area contributed by atoms with Gasteiger partial charge >= 0.3 is 0 Å². The van der Waals surface area contributed by atoms with Crippen LogP contribution in [0.2, 0.25) is 0 Å². The summed E-state index contributed by atoms with van der Waals surface area (Å²) in [5.74, 6) is 0.632. The number of aromatic nitrogens is 3. The van der Waals surface area contributed by atoms with Gasteiger partial charge in [0.25, 0.3) is 0 Å². The molecule has 0 radical (unpaired) electrons. The van der Waals surface area contributed by atoms with Gasteiger partial charge in [0, 0.05) is 6.54 Å². The highest BCUT2D eigenvalue weighted by Crippen LogP contribution is 2.24. The van der Waals surface area contributed by atoms with Crippen LogP contribution in [-0.2, 0) is 0 Å². The van der Waals surface area contributed by atoms with E-state index in [9.17, 15) is 0 Å². The van der Waals surface area contributed by atoms with Gasteiger partial charge in [-0.05, 0) is 43.0 Å². The minimum absolute atomic E-state index is 0.632. The minimum atomic E-state index is 0.632. The molecule has 1 saturated heterocycles. The SMILES string of the molecule is c1cc(C2CCCNC2)cc(-n2cncn2)c1. The number of rotatable bonds is 2. The molecular formula is C13H16N4. The van der Waals surface area contributed by atoms with Gasteiger partial charge in [0.1, 0.15) is 12.7 Å². The van der Waals surface area contributed by atoms with Crippen molar-refractivity contribution in [1.82, 2.24) is 20.1 Å². The Morgan fingerprint density at radius 3 is 3.12 bits per heavy atom. The van der Waals surface area contributed by atoms with Gasteiger partial charge in [-0.1, -0.05) is 12.1 Å². The molecule has 1 N–H and O–H groups in total. The molecule has 1 aliphatic heterocycles. The molecule has 1 unspecified atom stereocenters. The van der Waals surface area contributed by atoms with Crippen molar-refractivity contribution in [2.75, 3.05) is 13.1 Å². The van der Waals surface area contributed by atoms with Crippen LogP contribution >= 0.6 is 0 Å². The molecule has 2 heterocycles. The average Bonchev–Trinajstić information content (AvgIpc) is 2.94. The van der Waals surface area contributed by atoms with E-state index in [4.69, 9.17) is 0 Å². The summed E-state index contributed by atoms with van der Waals surface area (Å²) in [5, 5.41) is 7.62. The van der Waals surface area contributed by atoms with Crippen molar-refractivity contribution in [2.45, 2.75) is 18.8 Å². The van der Waals surface area contributed by atoms with Crippen LogP contribution in [0.15, 0.2) is 36.9 Å². The van der Waals surface area contributed by atoms with E-state index in [1.165, 1.54) is 18.4 Å². The Morgan fingerprint density at radius 2 is 2.35 bits per heavy atom. The van der Waals surface area contributed by atoms with Crippen molar-refractivity contribution in [1.29, 1.82) is 0 Å². The van der Waals surface area contributed by atoms with E-state index in [2.05, 4.69) is 39.7 Å². The van der Waals surface area contributed by atoms with Gasteiger partial charge in [-0.2, -0.15) is 5.10 Å². The third-order valence-electron chi connectivity index (χ3n) is 3.32. The molecule has 2 aromatic rings. The fraction of sp³-hybridized carbons (Fsp3) is 0.385. The summed E-state index contributed by atoms with van der Waals surface area (Å²) in [4.78, 5) is 3.98. The minimum Gasteiger partial charge on any atom is -0.316 e. The van der Waals surface area contributed by atoms with Crippen molar-refractivity contribution in [3.05, 3.63) is 42.5 Å². The lowest BCUT2D eigenvalue weighted by Crippen LogP contribution is -2.28. The summed E-state index contributed by atoms with van der Waals surface area (Å²) >= 11 is 0. The first-order valence-electron chi connectivity index (χ1n) is 6.09. The van der Waals surface area contributed by atoms with Crippen LogP contribution in [0.5, 0.6) is 0 Å². The molecule has 0 spiro atoms. The molecule has 1 fully saturated rings. The summed E-state index contributed by atoms with van der Waals surface area (Å²) in [6, 6.07) is 8.58. The Bertz CT molecular complexity index is 472. The summed E-state index contributed by atoms with van der Waals surface area (Å²) in [7, 11) is 0. The number of benzene rings is 1. The Kier molecular flexibility index (Phi) is 2.88. The second-order valence-electron chi connectivity index (χ2n) is 4.48. The first kappa shape index (κ1) is 10.5. The van der Waals surface area contributed by atoms with Crippen molar-refractivity contribution in [2.24, 2.45) is 0 Å². The first-order valence-corrected chi connectivity index (χ1v) is 6.09. The fourth-order valence-corrected chi connectivity index (χ4v) is 2.40. The smallest absolute Gasteiger partial charge is 0.138 e. The van der Waals surface area contributed by atoms with Crippen LogP contribution in [0.4, 0.5) is 0 Å². The molecule has 1 aromatic heterocycles. The monoisotopic (exact) mass is 228 g/mol. The normalized spacial score (nSPS) is 20.4. The van der Waals surface area contributed by atoms with E-state index in [0.29, 0.717) is 5.92 Å². The number of nitrogens with zero attached hydrogens (tertiary/aromatic N) is 3. The topological polar surface area (TPSA) is 42.7 Å². The lowest BCUT2D eigenvalue weighted by molar-refractivity contribution is 0.461. The van der Waals surface area contributed by atoms with Crippen LogP contribution in [-0.4, -0.2) is 27.9 Å². The van der Waals surface area contributed by atoms with Crippen molar-refractivity contribution < 1.29 is 0 Å². The maximum Gasteiger partial charge on any atom is 0.138 e. The van der Waals surface area contributed by atoms with Crippen LogP contribution in [0.3, 0.4) is 0 Å². The lowest BCUT2D eigenvalue weighted by Gasteiger charge is -2.23. The predicted octanol–water partition coefficient (Wildman–Crippen LogP) is 1.73. The molecule has 0 amide bonds. The number of hydrogen-bond acceptors (Lipinski definition) is 3. The van der Waals surface area contributed by atoms with Crippen LogP contribution in [0, 0.1) is 0 Å². The van der Waals surface area contributed by atoms with E-state index >= 15 is 0 Å². The molecule has 4 heteroatoms. The van der Waals surface area contributed by atoms with Gasteiger partial charge < -0.3 is 5.32 Å². The highest BCUT2D eigenvalue weighted by molar-refractivity contribution is 5.36. The zero-order valence-electron chi connectivity index (χ0n) is 9.71. The highest BCUT2D eigenvalue weighted by atomic mass is 15.3. The first-order chi connectivity index (χ1) is 8.43. The van der Waals surface area contributed by atoms with E-state index in [0.717, 1.165) is 18.8 Å². The van der Waals surface area contributed by atoms with Crippen molar-refractivity contribution >= 4 is 0 Å². The zero-order chi connectivity index (χ0) is 11.5. The molecule has 1 atom stereocenters. The fourth-order valence-electron chi connectivity index (χ4n) is 2.40. The molecule has 4 nitrogen and oxygen atoms in total. The molecule has 88 valence electrons. The third kappa shape index (κ3) is 2.22. The molecule has 0 aliphatic carbocycles. The molecule has 17 heavy (non-hydrogen) atoms. The maximum atomic E-state index is 4.16.